The first-order valence-electron chi connectivity index (χ1n) is 8.10. The van der Waals surface area contributed by atoms with Crippen LogP contribution < -0.4 is 10.1 Å². The second kappa shape index (κ2) is 8.47. The van der Waals surface area contributed by atoms with E-state index in [1.54, 1.807) is 48.5 Å². The van der Waals surface area contributed by atoms with Gasteiger partial charge >= 0.3 is 0 Å². The molecule has 4 nitrogen and oxygen atoms in total. The van der Waals surface area contributed by atoms with Crippen molar-refractivity contribution < 1.29 is 18.7 Å². The van der Waals surface area contributed by atoms with Gasteiger partial charge in [-0.3, -0.25) is 9.59 Å². The first-order valence-corrected chi connectivity index (χ1v) is 8.48. The second-order valence-corrected chi connectivity index (χ2v) is 6.09. The lowest BCUT2D eigenvalue weighted by atomic mass is 10.0. The van der Waals surface area contributed by atoms with Gasteiger partial charge in [-0.05, 0) is 42.5 Å². The van der Waals surface area contributed by atoms with Crippen molar-refractivity contribution in [2.45, 2.75) is 0 Å². The molecule has 3 aromatic carbocycles. The number of anilines is 1. The zero-order chi connectivity index (χ0) is 19.2. The van der Waals surface area contributed by atoms with Crippen LogP contribution in [0.4, 0.5) is 10.1 Å². The van der Waals surface area contributed by atoms with Gasteiger partial charge in [0.05, 0.1) is 5.02 Å². The molecule has 0 saturated heterocycles. The highest BCUT2D eigenvalue weighted by Gasteiger charge is 2.09. The van der Waals surface area contributed by atoms with Crippen LogP contribution in [-0.4, -0.2) is 18.3 Å². The molecule has 0 saturated carbocycles. The van der Waals surface area contributed by atoms with E-state index in [0.29, 0.717) is 22.6 Å². The van der Waals surface area contributed by atoms with Crippen LogP contribution in [0, 0.1) is 5.82 Å². The zero-order valence-electron chi connectivity index (χ0n) is 14.1. The van der Waals surface area contributed by atoms with Crippen LogP contribution in [0.3, 0.4) is 0 Å². The second-order valence-electron chi connectivity index (χ2n) is 5.69. The van der Waals surface area contributed by atoms with Crippen LogP contribution >= 0.6 is 11.6 Å². The molecule has 0 unspecified atom stereocenters. The zero-order valence-corrected chi connectivity index (χ0v) is 14.9. The fourth-order valence-electron chi connectivity index (χ4n) is 2.38. The average Bonchev–Trinajstić information content (AvgIpc) is 2.70. The van der Waals surface area contributed by atoms with Gasteiger partial charge in [-0.1, -0.05) is 41.9 Å². The molecule has 1 N–H and O–H groups in total. The SMILES string of the molecule is O=C(COc1ccc(C(=O)c2ccccc2)cc1)Nc1ccc(F)c(Cl)c1. The number of carbonyl (C=O) groups is 2. The molecule has 0 radical (unpaired) electrons. The van der Waals surface area contributed by atoms with E-state index in [4.69, 9.17) is 16.3 Å². The maximum Gasteiger partial charge on any atom is 0.262 e. The molecule has 3 rings (SSSR count). The lowest BCUT2D eigenvalue weighted by Gasteiger charge is -2.08. The van der Waals surface area contributed by atoms with Crippen molar-refractivity contribution in [2.75, 3.05) is 11.9 Å². The third kappa shape index (κ3) is 4.92. The number of nitrogens with one attached hydrogen (secondary N) is 1. The molecular weight excluding hydrogens is 369 g/mol. The first-order chi connectivity index (χ1) is 13.0. The van der Waals surface area contributed by atoms with Crippen LogP contribution in [0.15, 0.2) is 72.8 Å². The van der Waals surface area contributed by atoms with Gasteiger partial charge in [-0.15, -0.1) is 0 Å². The van der Waals surface area contributed by atoms with E-state index in [1.807, 2.05) is 6.07 Å². The predicted molar refractivity (Wildman–Crippen MR) is 102 cm³/mol. The van der Waals surface area contributed by atoms with Gasteiger partial charge in [-0.25, -0.2) is 4.39 Å². The molecule has 0 aliphatic heterocycles. The van der Waals surface area contributed by atoms with Crippen molar-refractivity contribution in [3.8, 4) is 5.75 Å². The van der Waals surface area contributed by atoms with Gasteiger partial charge in [0.1, 0.15) is 11.6 Å². The van der Waals surface area contributed by atoms with E-state index in [9.17, 15) is 14.0 Å². The third-order valence-corrected chi connectivity index (χ3v) is 4.02. The highest BCUT2D eigenvalue weighted by atomic mass is 35.5. The van der Waals surface area contributed by atoms with E-state index in [1.165, 1.54) is 18.2 Å². The Bertz CT molecular complexity index is 959. The average molecular weight is 384 g/mol. The van der Waals surface area contributed by atoms with Gasteiger partial charge in [0.25, 0.3) is 5.91 Å². The molecule has 0 fully saturated rings. The Balaban J connectivity index is 1.56. The fraction of sp³-hybridized carbons (Fsp3) is 0.0476. The Morgan fingerprint density at radius 2 is 1.59 bits per heavy atom. The molecule has 27 heavy (non-hydrogen) atoms. The third-order valence-electron chi connectivity index (χ3n) is 3.73. The molecule has 136 valence electrons. The van der Waals surface area contributed by atoms with Crippen LogP contribution in [0.2, 0.25) is 5.02 Å². The largest absolute Gasteiger partial charge is 0.484 e. The van der Waals surface area contributed by atoms with Crippen LogP contribution in [0.25, 0.3) is 0 Å². The summed E-state index contributed by atoms with van der Waals surface area (Å²) in [7, 11) is 0. The quantitative estimate of drug-likeness (QED) is 0.626. The van der Waals surface area contributed by atoms with Crippen molar-refractivity contribution in [1.82, 2.24) is 0 Å². The highest BCUT2D eigenvalue weighted by molar-refractivity contribution is 6.31. The van der Waals surface area contributed by atoms with Gasteiger partial charge in [-0.2, -0.15) is 0 Å². The van der Waals surface area contributed by atoms with E-state index >= 15 is 0 Å². The van der Waals surface area contributed by atoms with Crippen LogP contribution in [-0.2, 0) is 4.79 Å². The van der Waals surface area contributed by atoms with Crippen LogP contribution in [0.1, 0.15) is 15.9 Å². The number of benzene rings is 3. The number of halogens is 2. The van der Waals surface area contributed by atoms with E-state index < -0.39 is 11.7 Å². The Kier molecular flexibility index (Phi) is 5.84. The van der Waals surface area contributed by atoms with Crippen molar-refractivity contribution >= 4 is 29.0 Å². The van der Waals surface area contributed by atoms with Crippen molar-refractivity contribution in [3.05, 3.63) is 94.8 Å². The predicted octanol–water partition coefficient (Wildman–Crippen LogP) is 4.73. The summed E-state index contributed by atoms with van der Waals surface area (Å²) in [4.78, 5) is 24.3. The number of hydrogen-bond donors (Lipinski definition) is 1. The summed E-state index contributed by atoms with van der Waals surface area (Å²) >= 11 is 5.67. The van der Waals surface area contributed by atoms with Crippen molar-refractivity contribution in [2.24, 2.45) is 0 Å². The molecule has 1 amide bonds. The lowest BCUT2D eigenvalue weighted by Crippen LogP contribution is -2.20. The summed E-state index contributed by atoms with van der Waals surface area (Å²) in [5.74, 6) is -0.613. The highest BCUT2D eigenvalue weighted by Crippen LogP contribution is 2.19. The van der Waals surface area contributed by atoms with Gasteiger partial charge in [0.2, 0.25) is 0 Å². The maximum absolute atomic E-state index is 13.1. The number of rotatable bonds is 6. The molecule has 0 atom stereocenters. The van der Waals surface area contributed by atoms with E-state index in [0.717, 1.165) is 0 Å². The Hall–Kier alpha value is -3.18. The van der Waals surface area contributed by atoms with Crippen molar-refractivity contribution in [3.63, 3.8) is 0 Å². The standard InChI is InChI=1S/C21H15ClFNO3/c22-18-12-16(8-11-19(18)23)24-20(25)13-27-17-9-6-15(7-10-17)21(26)14-4-2-1-3-5-14/h1-12H,13H2,(H,24,25). The fourth-order valence-corrected chi connectivity index (χ4v) is 2.56. The van der Waals surface area contributed by atoms with E-state index in [-0.39, 0.29) is 17.4 Å². The Morgan fingerprint density at radius 1 is 0.926 bits per heavy atom. The molecule has 0 aliphatic rings. The first kappa shape index (κ1) is 18.6. The molecule has 3 aromatic rings. The molecule has 0 heterocycles. The van der Waals surface area contributed by atoms with Gasteiger partial charge < -0.3 is 10.1 Å². The maximum atomic E-state index is 13.1. The van der Waals surface area contributed by atoms with E-state index in [2.05, 4.69) is 5.32 Å². The number of amides is 1. The molecule has 6 heteroatoms. The monoisotopic (exact) mass is 383 g/mol. The summed E-state index contributed by atoms with van der Waals surface area (Å²) in [5, 5.41) is 2.49. The van der Waals surface area contributed by atoms with Crippen LogP contribution in [0.5, 0.6) is 5.75 Å². The minimum atomic E-state index is -0.559. The Labute approximate surface area is 160 Å². The normalized spacial score (nSPS) is 10.3. The summed E-state index contributed by atoms with van der Waals surface area (Å²) in [6.07, 6.45) is 0. The van der Waals surface area contributed by atoms with Gasteiger partial charge in [0, 0.05) is 16.8 Å². The summed E-state index contributed by atoms with van der Waals surface area (Å²) in [6, 6.07) is 19.4. The number of carbonyl (C=O) groups excluding carboxylic acids is 2. The Morgan fingerprint density at radius 3 is 2.26 bits per heavy atom. The molecule has 0 aromatic heterocycles. The number of hydrogen-bond acceptors (Lipinski definition) is 3. The lowest BCUT2D eigenvalue weighted by molar-refractivity contribution is -0.118. The summed E-state index contributed by atoms with van der Waals surface area (Å²) in [5.41, 5.74) is 1.50. The minimum absolute atomic E-state index is 0.0765. The smallest absolute Gasteiger partial charge is 0.262 e. The topological polar surface area (TPSA) is 55.4 Å². The summed E-state index contributed by atoms with van der Waals surface area (Å²) in [6.45, 7) is -0.235. The van der Waals surface area contributed by atoms with Crippen molar-refractivity contribution in [1.29, 1.82) is 0 Å². The number of ketones is 1. The molecule has 0 bridgehead atoms. The molecule has 0 aliphatic carbocycles. The van der Waals surface area contributed by atoms with Gasteiger partial charge in [0.15, 0.2) is 12.4 Å². The number of ether oxygens (including phenoxy) is 1. The molecular formula is C21H15ClFNO3. The minimum Gasteiger partial charge on any atom is -0.484 e. The molecule has 0 spiro atoms. The summed E-state index contributed by atoms with van der Waals surface area (Å²) < 4.78 is 18.5.